The number of carbonyl (C=O) groups is 2. The molecule has 0 unspecified atom stereocenters. The first-order valence-electron chi connectivity index (χ1n) is 12.1. The second-order valence-corrected chi connectivity index (χ2v) is 10.2. The summed E-state index contributed by atoms with van der Waals surface area (Å²) in [7, 11) is -1.93. The van der Waals surface area contributed by atoms with Crippen molar-refractivity contribution < 1.29 is 58.6 Å². The molecule has 1 amide bonds. The number of sulfonamides is 1. The van der Waals surface area contributed by atoms with Crippen molar-refractivity contribution in [1.82, 2.24) is 15.3 Å². The number of esters is 1. The molecule has 0 aliphatic heterocycles. The molecule has 0 aliphatic rings. The first kappa shape index (κ1) is 33.7. The van der Waals surface area contributed by atoms with Gasteiger partial charge in [-0.05, 0) is 49.4 Å². The van der Waals surface area contributed by atoms with Crippen LogP contribution >= 0.6 is 0 Å². The fraction of sp³-hybridized carbons (Fsp3) is 0.280. The Hall–Kier alpha value is -4.81. The molecule has 238 valence electrons. The zero-order valence-corrected chi connectivity index (χ0v) is 23.6. The summed E-state index contributed by atoms with van der Waals surface area (Å²) in [5, 5.41) is 3.21. The predicted octanol–water partition coefficient (Wildman–Crippen LogP) is 3.98. The summed E-state index contributed by atoms with van der Waals surface area (Å²) in [5.74, 6) is -4.07. The van der Waals surface area contributed by atoms with Crippen LogP contribution in [-0.4, -0.2) is 62.9 Å². The Morgan fingerprint density at radius 1 is 0.909 bits per heavy atom. The van der Waals surface area contributed by atoms with Gasteiger partial charge in [0, 0.05) is 17.3 Å². The molecule has 19 heteroatoms. The molecule has 0 spiro atoms. The first-order valence-corrected chi connectivity index (χ1v) is 13.6. The summed E-state index contributed by atoms with van der Waals surface area (Å²) in [4.78, 5) is 32.7. The van der Waals surface area contributed by atoms with Crippen LogP contribution in [0.4, 0.5) is 37.8 Å². The minimum atomic E-state index is -5.63. The van der Waals surface area contributed by atoms with E-state index in [0.29, 0.717) is 12.1 Å². The lowest BCUT2D eigenvalue weighted by Gasteiger charge is -2.35. The first-order chi connectivity index (χ1) is 20.5. The molecule has 3 N–H and O–H groups in total. The lowest BCUT2D eigenvalue weighted by atomic mass is 10.1. The van der Waals surface area contributed by atoms with Crippen molar-refractivity contribution in [1.29, 1.82) is 0 Å². The van der Waals surface area contributed by atoms with Gasteiger partial charge < -0.3 is 24.8 Å². The number of halogens is 6. The summed E-state index contributed by atoms with van der Waals surface area (Å²) >= 11 is 0. The molecule has 0 radical (unpaired) electrons. The van der Waals surface area contributed by atoms with Gasteiger partial charge >= 0.3 is 30.0 Å². The van der Waals surface area contributed by atoms with Crippen molar-refractivity contribution in [3.05, 3.63) is 65.7 Å². The number of nitrogens with one attached hydrogen (secondary N) is 3. The molecule has 0 fully saturated rings. The van der Waals surface area contributed by atoms with E-state index in [0.717, 1.165) is 42.5 Å². The van der Waals surface area contributed by atoms with Gasteiger partial charge in [-0.15, -0.1) is 0 Å². The van der Waals surface area contributed by atoms with Crippen molar-refractivity contribution in [2.45, 2.75) is 29.8 Å². The highest BCUT2D eigenvalue weighted by molar-refractivity contribution is 7.92. The zero-order valence-electron chi connectivity index (χ0n) is 22.8. The fourth-order valence-corrected chi connectivity index (χ4v) is 4.48. The number of rotatable bonds is 11. The van der Waals surface area contributed by atoms with Gasteiger partial charge in [-0.25, -0.2) is 13.2 Å². The van der Waals surface area contributed by atoms with Crippen LogP contribution < -0.4 is 24.8 Å². The SMILES string of the molecule is CCOC(=O)[C@@](NC(=O)c1cccc(C(F)(F)F)c1)(Nc1ccc(S(=O)(=O)Nc2cc(OC)nc(OC)n2)cc1)C(F)(F)F. The summed E-state index contributed by atoms with van der Waals surface area (Å²) in [6.45, 7) is 0.613. The molecule has 0 aliphatic carbocycles. The number of aromatic nitrogens is 2. The van der Waals surface area contributed by atoms with Gasteiger partial charge in [-0.3, -0.25) is 9.52 Å². The number of hydrogen-bond donors (Lipinski definition) is 3. The van der Waals surface area contributed by atoms with E-state index in [1.165, 1.54) is 26.5 Å². The predicted molar refractivity (Wildman–Crippen MR) is 140 cm³/mol. The van der Waals surface area contributed by atoms with Gasteiger partial charge in [0.15, 0.2) is 5.82 Å². The number of ether oxygens (including phenoxy) is 3. The van der Waals surface area contributed by atoms with E-state index in [2.05, 4.69) is 19.4 Å². The third-order valence-corrected chi connectivity index (χ3v) is 6.94. The molecule has 3 aromatic rings. The topological polar surface area (TPSA) is 158 Å². The Morgan fingerprint density at radius 2 is 1.57 bits per heavy atom. The molecule has 1 heterocycles. The van der Waals surface area contributed by atoms with E-state index >= 15 is 0 Å². The molecule has 0 bridgehead atoms. The third-order valence-electron chi connectivity index (χ3n) is 5.57. The number of amides is 1. The molecule has 3 rings (SSSR count). The highest BCUT2D eigenvalue weighted by Gasteiger charge is 2.63. The van der Waals surface area contributed by atoms with E-state index in [4.69, 9.17) is 9.47 Å². The monoisotopic (exact) mass is 651 g/mol. The second-order valence-electron chi connectivity index (χ2n) is 8.54. The summed E-state index contributed by atoms with van der Waals surface area (Å²) in [5.41, 5.74) is -6.72. The molecular weight excluding hydrogens is 628 g/mol. The lowest BCUT2D eigenvalue weighted by molar-refractivity contribution is -0.204. The highest BCUT2D eigenvalue weighted by atomic mass is 32.2. The molecule has 1 aromatic heterocycles. The molecular formula is C25H23F6N5O7S. The van der Waals surface area contributed by atoms with Crippen LogP contribution in [0.1, 0.15) is 22.8 Å². The molecule has 12 nitrogen and oxygen atoms in total. The molecule has 1 atom stereocenters. The molecule has 2 aromatic carbocycles. The number of benzene rings is 2. The van der Waals surface area contributed by atoms with Crippen LogP contribution in [0.25, 0.3) is 0 Å². The number of anilines is 2. The second kappa shape index (κ2) is 12.8. The van der Waals surface area contributed by atoms with Gasteiger partial charge in [0.25, 0.3) is 15.9 Å². The zero-order chi connectivity index (χ0) is 32.9. The van der Waals surface area contributed by atoms with Crippen molar-refractivity contribution >= 4 is 33.4 Å². The summed E-state index contributed by atoms with van der Waals surface area (Å²) in [6.07, 6.45) is -10.5. The average molecular weight is 652 g/mol. The standard InChI is InChI=1S/C25H23F6N5O7S/c1-4-43-21(38)23(25(29,30)31,35-20(37)14-6-5-7-15(12-14)24(26,27)28)34-16-8-10-17(11-9-16)44(39,40)36-18-13-19(41-2)33-22(32-18)42-3/h5-13,34H,4H2,1-3H3,(H,35,37)(H,32,33,36)/t23-/m0/s1. The summed E-state index contributed by atoms with van der Waals surface area (Å²) < 4.78 is 125. The minimum Gasteiger partial charge on any atom is -0.481 e. The maximum absolute atomic E-state index is 14.5. The Kier molecular flexibility index (Phi) is 9.82. The number of alkyl halides is 6. The van der Waals surface area contributed by atoms with Crippen LogP contribution in [0.15, 0.2) is 59.5 Å². The van der Waals surface area contributed by atoms with Crippen LogP contribution in [0.2, 0.25) is 0 Å². The Morgan fingerprint density at radius 3 is 2.11 bits per heavy atom. The van der Waals surface area contributed by atoms with E-state index < -0.39 is 68.2 Å². The van der Waals surface area contributed by atoms with Gasteiger partial charge in [0.1, 0.15) is 0 Å². The minimum absolute atomic E-state index is 0.0521. The molecule has 44 heavy (non-hydrogen) atoms. The Labute approximate surface area is 245 Å². The number of carbonyl (C=O) groups excluding carboxylic acids is 2. The smallest absolute Gasteiger partial charge is 0.441 e. The van der Waals surface area contributed by atoms with Crippen molar-refractivity contribution in [2.75, 3.05) is 30.9 Å². The quantitative estimate of drug-likeness (QED) is 0.157. The van der Waals surface area contributed by atoms with Gasteiger partial charge in [-0.1, -0.05) is 6.07 Å². The fourth-order valence-electron chi connectivity index (χ4n) is 3.49. The van der Waals surface area contributed by atoms with E-state index in [1.807, 2.05) is 0 Å². The normalized spacial score (nSPS) is 13.3. The Balaban J connectivity index is 1.97. The highest BCUT2D eigenvalue weighted by Crippen LogP contribution is 2.35. The number of hydrogen-bond acceptors (Lipinski definition) is 10. The van der Waals surface area contributed by atoms with Crippen LogP contribution in [0.3, 0.4) is 0 Å². The summed E-state index contributed by atoms with van der Waals surface area (Å²) in [6, 6.07) is 6.80. The number of nitrogens with zero attached hydrogens (tertiary/aromatic N) is 2. The van der Waals surface area contributed by atoms with Crippen molar-refractivity contribution in [3.8, 4) is 11.9 Å². The lowest BCUT2D eigenvalue weighted by Crippen LogP contribution is -2.69. The van der Waals surface area contributed by atoms with Crippen molar-refractivity contribution in [3.63, 3.8) is 0 Å². The van der Waals surface area contributed by atoms with Crippen LogP contribution in [-0.2, 0) is 25.7 Å². The van der Waals surface area contributed by atoms with Gasteiger partial charge in [0.2, 0.25) is 5.88 Å². The average Bonchev–Trinajstić information content (AvgIpc) is 2.95. The third kappa shape index (κ3) is 7.57. The maximum atomic E-state index is 14.5. The Bertz CT molecular complexity index is 1600. The van der Waals surface area contributed by atoms with Crippen LogP contribution in [0.5, 0.6) is 11.9 Å². The van der Waals surface area contributed by atoms with Gasteiger partial charge in [-0.2, -0.15) is 36.3 Å². The molecule has 0 saturated heterocycles. The van der Waals surface area contributed by atoms with E-state index in [9.17, 15) is 44.3 Å². The maximum Gasteiger partial charge on any atom is 0.441 e. The van der Waals surface area contributed by atoms with Crippen molar-refractivity contribution in [2.24, 2.45) is 0 Å². The number of methoxy groups -OCH3 is 2. The van der Waals surface area contributed by atoms with E-state index in [-0.39, 0.29) is 17.7 Å². The molecule has 0 saturated carbocycles. The van der Waals surface area contributed by atoms with Gasteiger partial charge in [0.05, 0.1) is 31.3 Å². The largest absolute Gasteiger partial charge is 0.481 e. The van der Waals surface area contributed by atoms with E-state index in [1.54, 1.807) is 5.32 Å². The van der Waals surface area contributed by atoms with Crippen LogP contribution in [0, 0.1) is 0 Å².